The third-order valence-electron chi connectivity index (χ3n) is 6.09. The molecule has 0 unspecified atom stereocenters. The van der Waals surface area contributed by atoms with Gasteiger partial charge in [0.05, 0.1) is 34.9 Å². The molecule has 2 aromatic carbocycles. The number of aromatic nitrogens is 1. The highest BCUT2D eigenvalue weighted by Crippen LogP contribution is 2.34. The minimum Gasteiger partial charge on any atom is -0.496 e. The topological polar surface area (TPSA) is 113 Å². The van der Waals surface area contributed by atoms with Crippen LogP contribution in [0.3, 0.4) is 0 Å². The number of alkyl halides is 3. The van der Waals surface area contributed by atoms with Gasteiger partial charge in [-0.2, -0.15) is 13.2 Å². The van der Waals surface area contributed by atoms with Crippen molar-refractivity contribution in [1.82, 2.24) is 9.88 Å². The van der Waals surface area contributed by atoms with Crippen LogP contribution < -0.4 is 15.2 Å². The Morgan fingerprint density at radius 2 is 1.89 bits per heavy atom. The number of aliphatic hydroxyl groups is 1. The third kappa shape index (κ3) is 6.51. The van der Waals surface area contributed by atoms with Crippen molar-refractivity contribution in [2.24, 2.45) is 10.9 Å². The van der Waals surface area contributed by atoms with Crippen molar-refractivity contribution in [3.63, 3.8) is 0 Å². The second-order valence-electron chi connectivity index (χ2n) is 8.61. The fraction of sp³-hybridized carbons (Fsp3) is 0.360. The van der Waals surface area contributed by atoms with Crippen molar-refractivity contribution in [1.29, 1.82) is 0 Å². The van der Waals surface area contributed by atoms with Gasteiger partial charge in [0, 0.05) is 31.3 Å². The largest absolute Gasteiger partial charge is 0.496 e. The van der Waals surface area contributed by atoms with E-state index in [1.807, 2.05) is 0 Å². The average Bonchev–Trinajstić information content (AvgIpc) is 3.30. The summed E-state index contributed by atoms with van der Waals surface area (Å²) in [5.74, 6) is 0.762. The minimum absolute atomic E-state index is 0.0963. The number of nitrogens with zero attached hydrogens (tertiary/aromatic N) is 3. The Balaban J connectivity index is 1.58. The van der Waals surface area contributed by atoms with Crippen LogP contribution in [0.15, 0.2) is 47.6 Å². The second kappa shape index (κ2) is 11.4. The zero-order valence-electron chi connectivity index (χ0n) is 20.0. The highest BCUT2D eigenvalue weighted by atomic mass is 32.1. The summed E-state index contributed by atoms with van der Waals surface area (Å²) in [6.07, 6.45) is -3.36. The molecule has 2 heterocycles. The summed E-state index contributed by atoms with van der Waals surface area (Å²) in [6, 6.07) is 9.84. The SMILES string of the molecule is COc1cc(OCc2sc(-c3ccc(C(F)(F)F)cc3)nc2CN2CCC(O)CC2)ccc1/C(N)=N/O. The van der Waals surface area contributed by atoms with Gasteiger partial charge < -0.3 is 25.5 Å². The van der Waals surface area contributed by atoms with E-state index in [0.29, 0.717) is 47.0 Å². The lowest BCUT2D eigenvalue weighted by Crippen LogP contribution is -2.35. The molecule has 1 aromatic heterocycles. The number of nitrogens with two attached hydrogens (primary N) is 1. The van der Waals surface area contributed by atoms with Gasteiger partial charge in [0.1, 0.15) is 23.1 Å². The van der Waals surface area contributed by atoms with E-state index in [1.54, 1.807) is 18.2 Å². The molecule has 1 aliphatic heterocycles. The van der Waals surface area contributed by atoms with Crippen LogP contribution in [-0.4, -0.2) is 52.3 Å². The maximum Gasteiger partial charge on any atom is 0.416 e. The van der Waals surface area contributed by atoms with Crippen molar-refractivity contribution in [2.45, 2.75) is 38.3 Å². The molecule has 12 heteroatoms. The Morgan fingerprint density at radius 1 is 1.19 bits per heavy atom. The molecule has 0 saturated carbocycles. The number of benzene rings is 2. The number of thiazole rings is 1. The van der Waals surface area contributed by atoms with E-state index in [0.717, 1.165) is 35.8 Å². The number of likely N-dealkylation sites (tertiary alicyclic amines) is 1. The highest BCUT2D eigenvalue weighted by molar-refractivity contribution is 7.15. The quantitative estimate of drug-likeness (QED) is 0.169. The Labute approximate surface area is 215 Å². The Hall–Kier alpha value is -3.35. The van der Waals surface area contributed by atoms with E-state index in [-0.39, 0.29) is 18.5 Å². The number of ether oxygens (including phenoxy) is 2. The lowest BCUT2D eigenvalue weighted by Gasteiger charge is -2.29. The van der Waals surface area contributed by atoms with Gasteiger partial charge in [0.25, 0.3) is 0 Å². The summed E-state index contributed by atoms with van der Waals surface area (Å²) >= 11 is 1.36. The van der Waals surface area contributed by atoms with Crippen molar-refractivity contribution in [3.05, 3.63) is 64.2 Å². The molecule has 0 bridgehead atoms. The molecule has 1 saturated heterocycles. The summed E-state index contributed by atoms with van der Waals surface area (Å²) in [6.45, 7) is 2.16. The lowest BCUT2D eigenvalue weighted by molar-refractivity contribution is -0.137. The molecule has 0 radical (unpaired) electrons. The first kappa shape index (κ1) is 26.7. The number of piperidine rings is 1. The smallest absolute Gasteiger partial charge is 0.416 e. The number of aliphatic hydroxyl groups excluding tert-OH is 1. The van der Waals surface area contributed by atoms with Crippen molar-refractivity contribution < 1.29 is 33.0 Å². The average molecular weight is 537 g/mol. The zero-order chi connectivity index (χ0) is 26.6. The van der Waals surface area contributed by atoms with Crippen LogP contribution in [0.5, 0.6) is 11.5 Å². The van der Waals surface area contributed by atoms with E-state index in [2.05, 4.69) is 10.1 Å². The van der Waals surface area contributed by atoms with Gasteiger partial charge in [-0.25, -0.2) is 4.98 Å². The fourth-order valence-electron chi connectivity index (χ4n) is 4.01. The summed E-state index contributed by atoms with van der Waals surface area (Å²) in [5.41, 5.74) is 6.74. The molecule has 4 rings (SSSR count). The molecule has 0 aliphatic carbocycles. The predicted molar refractivity (Wildman–Crippen MR) is 133 cm³/mol. The standard InChI is InChI=1S/C25H27F3N4O4S/c1-35-21-12-18(6-7-19(21)23(29)31-34)36-14-22-20(13-32-10-8-17(33)9-11-32)30-24(37-22)15-2-4-16(5-3-15)25(26,27)28/h2-7,12,17,33-34H,8-11,13-14H2,1H3,(H2,29,31). The summed E-state index contributed by atoms with van der Waals surface area (Å²) in [4.78, 5) is 7.77. The van der Waals surface area contributed by atoms with Gasteiger partial charge in [-0.15, -0.1) is 11.3 Å². The number of halogens is 3. The van der Waals surface area contributed by atoms with Crippen molar-refractivity contribution in [3.8, 4) is 22.1 Å². The summed E-state index contributed by atoms with van der Waals surface area (Å²) in [7, 11) is 1.46. The van der Waals surface area contributed by atoms with Crippen LogP contribution in [0.2, 0.25) is 0 Å². The van der Waals surface area contributed by atoms with E-state index in [1.165, 1.54) is 30.6 Å². The van der Waals surface area contributed by atoms with Gasteiger partial charge in [-0.05, 0) is 37.1 Å². The number of hydrogen-bond acceptors (Lipinski definition) is 8. The maximum atomic E-state index is 13.0. The Morgan fingerprint density at radius 3 is 2.51 bits per heavy atom. The van der Waals surface area contributed by atoms with Crippen LogP contribution >= 0.6 is 11.3 Å². The first-order chi connectivity index (χ1) is 17.7. The number of oxime groups is 1. The predicted octanol–water partition coefficient (Wildman–Crippen LogP) is 4.47. The first-order valence-electron chi connectivity index (χ1n) is 11.5. The molecule has 0 spiro atoms. The number of methoxy groups -OCH3 is 1. The van der Waals surface area contributed by atoms with E-state index in [9.17, 15) is 18.3 Å². The van der Waals surface area contributed by atoms with E-state index in [4.69, 9.17) is 25.4 Å². The maximum absolute atomic E-state index is 13.0. The molecule has 4 N–H and O–H groups in total. The lowest BCUT2D eigenvalue weighted by atomic mass is 10.1. The fourth-order valence-corrected chi connectivity index (χ4v) is 5.00. The van der Waals surface area contributed by atoms with Gasteiger partial charge >= 0.3 is 6.18 Å². The highest BCUT2D eigenvalue weighted by Gasteiger charge is 2.30. The molecule has 3 aromatic rings. The summed E-state index contributed by atoms with van der Waals surface area (Å²) < 4.78 is 50.3. The van der Waals surface area contributed by atoms with Crippen LogP contribution in [0.1, 0.15) is 34.5 Å². The van der Waals surface area contributed by atoms with Crippen LogP contribution in [0, 0.1) is 0 Å². The van der Waals surface area contributed by atoms with Gasteiger partial charge in [-0.3, -0.25) is 4.90 Å². The molecule has 0 amide bonds. The molecule has 37 heavy (non-hydrogen) atoms. The number of hydrogen-bond donors (Lipinski definition) is 3. The Kier molecular flexibility index (Phi) is 8.20. The van der Waals surface area contributed by atoms with Crippen LogP contribution in [-0.2, 0) is 19.3 Å². The third-order valence-corrected chi connectivity index (χ3v) is 7.21. The van der Waals surface area contributed by atoms with E-state index >= 15 is 0 Å². The van der Waals surface area contributed by atoms with Gasteiger partial charge in [-0.1, -0.05) is 17.3 Å². The zero-order valence-corrected chi connectivity index (χ0v) is 20.8. The molecule has 1 aliphatic rings. The minimum atomic E-state index is -4.41. The first-order valence-corrected chi connectivity index (χ1v) is 12.3. The second-order valence-corrected chi connectivity index (χ2v) is 9.69. The molecular weight excluding hydrogens is 509 g/mol. The van der Waals surface area contributed by atoms with Gasteiger partial charge in [0.2, 0.25) is 0 Å². The molecule has 198 valence electrons. The molecular formula is C25H27F3N4O4S. The van der Waals surface area contributed by atoms with Crippen LogP contribution in [0.4, 0.5) is 13.2 Å². The van der Waals surface area contributed by atoms with Crippen molar-refractivity contribution >= 4 is 17.2 Å². The molecule has 0 atom stereocenters. The van der Waals surface area contributed by atoms with Gasteiger partial charge in [0.15, 0.2) is 5.84 Å². The Bertz CT molecular complexity index is 1240. The van der Waals surface area contributed by atoms with Crippen LogP contribution in [0.25, 0.3) is 10.6 Å². The normalized spacial score (nSPS) is 15.6. The molecule has 8 nitrogen and oxygen atoms in total. The van der Waals surface area contributed by atoms with E-state index < -0.39 is 11.7 Å². The number of amidine groups is 1. The van der Waals surface area contributed by atoms with Crippen molar-refractivity contribution in [2.75, 3.05) is 20.2 Å². The molecule has 1 fully saturated rings. The summed E-state index contributed by atoms with van der Waals surface area (Å²) in [5, 5.41) is 22.4. The monoisotopic (exact) mass is 536 g/mol. The number of rotatable bonds is 8.